The van der Waals surface area contributed by atoms with Crippen LogP contribution in [-0.4, -0.2) is 31.6 Å². The smallest absolute Gasteiger partial charge is 0.457 e. The van der Waals surface area contributed by atoms with Crippen LogP contribution < -0.4 is 56.8 Å². The van der Waals surface area contributed by atoms with Gasteiger partial charge < -0.3 is 28.0 Å². The summed E-state index contributed by atoms with van der Waals surface area (Å²) in [7, 11) is 2.06. The van der Waals surface area contributed by atoms with Gasteiger partial charge in [-0.05, 0) is 20.0 Å². The molecule has 151 valence electrons. The van der Waals surface area contributed by atoms with Crippen LogP contribution >= 0.6 is 0 Å². The molecule has 2 rings (SSSR count). The van der Waals surface area contributed by atoms with Crippen molar-refractivity contribution >= 4 is 18.7 Å². The van der Waals surface area contributed by atoms with Crippen molar-refractivity contribution in [2.45, 2.75) is 45.7 Å². The molecule has 0 spiro atoms. The van der Waals surface area contributed by atoms with E-state index < -0.39 is 5.60 Å². The van der Waals surface area contributed by atoms with Crippen LogP contribution in [0.3, 0.4) is 0 Å². The van der Waals surface area contributed by atoms with Crippen LogP contribution in [-0.2, 0) is 31.6 Å². The summed E-state index contributed by atoms with van der Waals surface area (Å²) in [5.74, 6) is -0.305. The van der Waals surface area contributed by atoms with E-state index in [1.165, 1.54) is 12.4 Å². The molecule has 2 aromatic rings. The van der Waals surface area contributed by atoms with Crippen LogP contribution in [0.25, 0.3) is 0 Å². The Morgan fingerprint density at radius 3 is 2.34 bits per heavy atom. The van der Waals surface area contributed by atoms with Crippen molar-refractivity contribution < 1.29 is 83.0 Å². The van der Waals surface area contributed by atoms with E-state index >= 15 is 0 Å². The number of rotatable bonds is 8. The maximum atomic E-state index is 11.0. The number of ether oxygens (including phenoxy) is 2. The molecule has 0 saturated heterocycles. The van der Waals surface area contributed by atoms with E-state index in [2.05, 4.69) is 26.3 Å². The number of carbonyl (C=O) groups is 1. The standard InChI is InChI=1S/C16H21O3.C7H7B.Cr.K/c1-5-15(11-14-9-7-6-8-10-14)18-12-16(3,4)19-13(2)17;1-8-7-5-3-2-4-6-7;;/h6-9,11,15H,1,5,12H2,2-4H3;3-6H,1H3;;/q-3;-1;;+1/t15-;;;/m1.../s1. The molecular weight excluding hydrogens is 426 g/mol. The third-order valence-corrected chi connectivity index (χ3v) is 3.53. The van der Waals surface area contributed by atoms with Crippen LogP contribution in [0.15, 0.2) is 48.5 Å². The quantitative estimate of drug-likeness (QED) is 0.337. The molecule has 0 bridgehead atoms. The molecule has 0 aliphatic carbocycles. The van der Waals surface area contributed by atoms with Crippen LogP contribution in [0, 0.1) is 25.5 Å². The van der Waals surface area contributed by atoms with E-state index in [9.17, 15) is 4.79 Å². The molecule has 0 fully saturated rings. The number of esters is 1. The summed E-state index contributed by atoms with van der Waals surface area (Å²) >= 11 is 0. The molecule has 0 unspecified atom stereocenters. The molecule has 1 radical (unpaired) electrons. The van der Waals surface area contributed by atoms with Gasteiger partial charge in [0.15, 0.2) is 0 Å². The first-order chi connectivity index (χ1) is 12.9. The fraction of sp³-hybridized carbons (Fsp3) is 0.348. The van der Waals surface area contributed by atoms with E-state index in [1.54, 1.807) is 0 Å². The number of benzene rings is 2. The summed E-state index contributed by atoms with van der Waals surface area (Å²) in [5.41, 5.74) is 1.60. The molecular formula is C23H28BCrKO3-3. The minimum Gasteiger partial charge on any atom is -0.457 e. The van der Waals surface area contributed by atoms with E-state index in [1.807, 2.05) is 75.6 Å². The summed E-state index contributed by atoms with van der Waals surface area (Å²) in [6.07, 6.45) is 2.46. The zero-order valence-corrected chi connectivity index (χ0v) is 22.5. The van der Waals surface area contributed by atoms with Crippen LogP contribution in [0.2, 0.25) is 6.82 Å². The first-order valence-electron chi connectivity index (χ1n) is 9.04. The van der Waals surface area contributed by atoms with Crippen molar-refractivity contribution in [1.29, 1.82) is 0 Å². The molecule has 0 heterocycles. The minimum absolute atomic E-state index is 0. The molecule has 1 atom stereocenters. The Kier molecular flexibility index (Phi) is 18.9. The van der Waals surface area contributed by atoms with E-state index in [-0.39, 0.29) is 80.8 Å². The average Bonchev–Trinajstić information content (AvgIpc) is 2.66. The van der Waals surface area contributed by atoms with Crippen LogP contribution in [0.1, 0.15) is 32.8 Å². The molecule has 2 aromatic carbocycles. The van der Waals surface area contributed by atoms with Gasteiger partial charge in [0, 0.05) is 24.3 Å². The molecule has 29 heavy (non-hydrogen) atoms. The molecule has 0 aromatic heterocycles. The van der Waals surface area contributed by atoms with Crippen LogP contribution in [0.5, 0.6) is 0 Å². The first-order valence-corrected chi connectivity index (χ1v) is 9.04. The molecule has 0 N–H and O–H groups in total. The third kappa shape index (κ3) is 15.4. The topological polar surface area (TPSA) is 35.5 Å². The van der Waals surface area contributed by atoms with Gasteiger partial charge in [-0.2, -0.15) is 54.3 Å². The zero-order valence-electron chi connectivity index (χ0n) is 18.1. The predicted octanol–water partition coefficient (Wildman–Crippen LogP) is 0.856. The van der Waals surface area contributed by atoms with Gasteiger partial charge >= 0.3 is 57.4 Å². The molecule has 0 amide bonds. The van der Waals surface area contributed by atoms with E-state index in [0.29, 0.717) is 13.0 Å². The maximum Gasteiger partial charge on any atom is 1.00 e. The monoisotopic (exact) mass is 454 g/mol. The first kappa shape index (κ1) is 31.2. The Labute approximate surface area is 231 Å². The van der Waals surface area contributed by atoms with Gasteiger partial charge in [-0.3, -0.25) is 17.3 Å². The Bertz CT molecular complexity index is 654. The summed E-state index contributed by atoms with van der Waals surface area (Å²) in [6, 6.07) is 21.6. The van der Waals surface area contributed by atoms with Gasteiger partial charge in [0.05, 0.1) is 6.61 Å². The maximum absolute atomic E-state index is 11.0. The number of hydrogen-bond donors (Lipinski definition) is 0. The van der Waals surface area contributed by atoms with Crippen molar-refractivity contribution in [3.05, 3.63) is 79.6 Å². The van der Waals surface area contributed by atoms with Crippen molar-refractivity contribution in [2.75, 3.05) is 6.61 Å². The summed E-state index contributed by atoms with van der Waals surface area (Å²) in [5, 5.41) is 0. The molecule has 3 nitrogen and oxygen atoms in total. The van der Waals surface area contributed by atoms with Gasteiger partial charge in [0.25, 0.3) is 0 Å². The van der Waals surface area contributed by atoms with Gasteiger partial charge in [0.2, 0.25) is 0 Å². The zero-order chi connectivity index (χ0) is 20.1. The average molecular weight is 454 g/mol. The van der Waals surface area contributed by atoms with Crippen molar-refractivity contribution in [1.82, 2.24) is 0 Å². The second kappa shape index (κ2) is 17.6. The van der Waals surface area contributed by atoms with Crippen LogP contribution in [0.4, 0.5) is 0 Å². The van der Waals surface area contributed by atoms with Crippen molar-refractivity contribution in [3.8, 4) is 0 Å². The Hall–Kier alpha value is -0.0262. The van der Waals surface area contributed by atoms with Gasteiger partial charge in [0.1, 0.15) is 12.9 Å². The Morgan fingerprint density at radius 2 is 1.90 bits per heavy atom. The second-order valence-electron chi connectivity index (χ2n) is 6.60. The van der Waals surface area contributed by atoms with E-state index in [0.717, 1.165) is 5.56 Å². The molecule has 0 aliphatic rings. The fourth-order valence-corrected chi connectivity index (χ4v) is 2.24. The Balaban J connectivity index is 0. The summed E-state index contributed by atoms with van der Waals surface area (Å²) in [6.45, 7) is 11.3. The van der Waals surface area contributed by atoms with E-state index in [4.69, 9.17) is 9.47 Å². The van der Waals surface area contributed by atoms with Gasteiger partial charge in [-0.15, -0.1) is 6.07 Å². The summed E-state index contributed by atoms with van der Waals surface area (Å²) in [4.78, 5) is 11.0. The molecule has 6 heteroatoms. The largest absolute Gasteiger partial charge is 1.00 e. The Morgan fingerprint density at radius 1 is 1.24 bits per heavy atom. The SMILES string of the molecule is C[B]c1cc[c-]cc1.[CH2-]C[C@H]([CH-]c1[c-]cccc1)OCC(C)(C)OC(C)=O.[Cr].[K+]. The van der Waals surface area contributed by atoms with Crippen molar-refractivity contribution in [2.24, 2.45) is 0 Å². The van der Waals surface area contributed by atoms with Gasteiger partial charge in [-0.1, -0.05) is 6.82 Å². The third-order valence-electron chi connectivity index (χ3n) is 3.53. The molecule has 0 aliphatic heterocycles. The number of hydrogen-bond acceptors (Lipinski definition) is 3. The van der Waals surface area contributed by atoms with Gasteiger partial charge in [-0.25, -0.2) is 0 Å². The number of carbonyl (C=O) groups excluding carboxylic acids is 1. The second-order valence-corrected chi connectivity index (χ2v) is 6.60. The normalized spacial score (nSPS) is 10.8. The summed E-state index contributed by atoms with van der Waals surface area (Å²) < 4.78 is 10.9. The fourth-order valence-electron chi connectivity index (χ4n) is 2.24. The predicted molar refractivity (Wildman–Crippen MR) is 111 cm³/mol. The van der Waals surface area contributed by atoms with Crippen molar-refractivity contribution in [3.63, 3.8) is 0 Å². The minimum atomic E-state index is -0.631. The molecule has 0 saturated carbocycles.